The molecule has 16 heavy (non-hydrogen) atoms. The molecule has 1 atom stereocenters. The molecular weight excluding hydrogens is 218 g/mol. The van der Waals surface area contributed by atoms with Crippen LogP contribution in [0.5, 0.6) is 0 Å². The molecule has 90 valence electrons. The minimum atomic E-state index is 0. The molecule has 1 aliphatic carbocycles. The number of halogens is 1. The maximum atomic E-state index is 6.20. The fraction of sp³-hybridized carbons (Fsp3) is 0.571. The Morgan fingerprint density at radius 3 is 2.44 bits per heavy atom. The Labute approximate surface area is 105 Å². The minimum Gasteiger partial charge on any atom is -0.324 e. The van der Waals surface area contributed by atoms with Gasteiger partial charge < -0.3 is 5.73 Å². The van der Waals surface area contributed by atoms with Gasteiger partial charge in [0.25, 0.3) is 0 Å². The van der Waals surface area contributed by atoms with E-state index in [0.717, 1.165) is 5.92 Å². The standard InChI is InChI=1S/C14H21N.ClH/c1-10(2)12-4-3-5-13(9-12)14(15)8-11-6-7-11;/h3-5,9-11,14H,6-8,15H2,1-2H3;1H/t14-;/m0./s1. The van der Waals surface area contributed by atoms with Crippen molar-refractivity contribution in [1.29, 1.82) is 0 Å². The van der Waals surface area contributed by atoms with Gasteiger partial charge in [-0.3, -0.25) is 0 Å². The molecule has 1 aromatic carbocycles. The van der Waals surface area contributed by atoms with Crippen LogP contribution in [0.1, 0.15) is 56.2 Å². The molecule has 2 N–H and O–H groups in total. The Balaban J connectivity index is 0.00000128. The van der Waals surface area contributed by atoms with Crippen molar-refractivity contribution in [2.75, 3.05) is 0 Å². The summed E-state index contributed by atoms with van der Waals surface area (Å²) in [6.45, 7) is 4.46. The summed E-state index contributed by atoms with van der Waals surface area (Å²) in [6.07, 6.45) is 3.94. The van der Waals surface area contributed by atoms with Crippen LogP contribution < -0.4 is 5.73 Å². The molecule has 0 amide bonds. The first-order chi connectivity index (χ1) is 7.16. The second-order valence-electron chi connectivity index (χ2n) is 5.11. The number of hydrogen-bond acceptors (Lipinski definition) is 1. The highest BCUT2D eigenvalue weighted by Gasteiger charge is 2.24. The predicted octanol–water partition coefficient (Wildman–Crippen LogP) is 4.03. The van der Waals surface area contributed by atoms with E-state index >= 15 is 0 Å². The smallest absolute Gasteiger partial charge is 0.0297 e. The van der Waals surface area contributed by atoms with Crippen molar-refractivity contribution in [3.05, 3.63) is 35.4 Å². The summed E-state index contributed by atoms with van der Waals surface area (Å²) in [4.78, 5) is 0. The van der Waals surface area contributed by atoms with Crippen LogP contribution in [0.15, 0.2) is 24.3 Å². The molecule has 0 heterocycles. The molecule has 1 nitrogen and oxygen atoms in total. The molecule has 1 aliphatic rings. The molecule has 0 bridgehead atoms. The number of hydrogen-bond donors (Lipinski definition) is 1. The first-order valence-electron chi connectivity index (χ1n) is 6.02. The summed E-state index contributed by atoms with van der Waals surface area (Å²) < 4.78 is 0. The van der Waals surface area contributed by atoms with Crippen molar-refractivity contribution in [2.24, 2.45) is 11.7 Å². The predicted molar refractivity (Wildman–Crippen MR) is 72.0 cm³/mol. The number of benzene rings is 1. The molecule has 0 aromatic heterocycles. The van der Waals surface area contributed by atoms with E-state index in [1.165, 1.54) is 30.4 Å². The molecule has 1 aromatic rings. The van der Waals surface area contributed by atoms with E-state index in [0.29, 0.717) is 5.92 Å². The summed E-state index contributed by atoms with van der Waals surface area (Å²) >= 11 is 0. The molecule has 0 radical (unpaired) electrons. The van der Waals surface area contributed by atoms with Gasteiger partial charge in [0.15, 0.2) is 0 Å². The zero-order valence-corrected chi connectivity index (χ0v) is 11.0. The molecular formula is C14H22ClN. The second kappa shape index (κ2) is 5.70. The number of nitrogens with two attached hydrogens (primary N) is 1. The van der Waals surface area contributed by atoms with Crippen molar-refractivity contribution in [3.8, 4) is 0 Å². The SMILES string of the molecule is CC(C)c1cccc([C@@H](N)CC2CC2)c1.Cl. The molecule has 2 rings (SSSR count). The van der Waals surface area contributed by atoms with Gasteiger partial charge in [0, 0.05) is 6.04 Å². The maximum absolute atomic E-state index is 6.20. The van der Waals surface area contributed by atoms with Gasteiger partial charge in [-0.15, -0.1) is 12.4 Å². The summed E-state index contributed by atoms with van der Waals surface area (Å²) in [5.41, 5.74) is 8.92. The Bertz CT molecular complexity index is 331. The van der Waals surface area contributed by atoms with Crippen LogP contribution in [0.3, 0.4) is 0 Å². The quantitative estimate of drug-likeness (QED) is 0.844. The molecule has 0 saturated heterocycles. The van der Waals surface area contributed by atoms with E-state index in [2.05, 4.69) is 38.1 Å². The highest BCUT2D eigenvalue weighted by molar-refractivity contribution is 5.85. The maximum Gasteiger partial charge on any atom is 0.0297 e. The van der Waals surface area contributed by atoms with Crippen molar-refractivity contribution in [1.82, 2.24) is 0 Å². The molecule has 0 unspecified atom stereocenters. The third kappa shape index (κ3) is 3.50. The third-order valence-corrected chi connectivity index (χ3v) is 3.29. The van der Waals surface area contributed by atoms with Crippen LogP contribution in [-0.2, 0) is 0 Å². The van der Waals surface area contributed by atoms with Gasteiger partial charge in [0.05, 0.1) is 0 Å². The summed E-state index contributed by atoms with van der Waals surface area (Å²) in [7, 11) is 0. The van der Waals surface area contributed by atoms with Crippen molar-refractivity contribution < 1.29 is 0 Å². The molecule has 0 spiro atoms. The van der Waals surface area contributed by atoms with Gasteiger partial charge in [-0.25, -0.2) is 0 Å². The van der Waals surface area contributed by atoms with Crippen LogP contribution >= 0.6 is 12.4 Å². The Hall–Kier alpha value is -0.530. The molecule has 0 aliphatic heterocycles. The zero-order chi connectivity index (χ0) is 10.8. The van der Waals surface area contributed by atoms with Gasteiger partial charge in [-0.2, -0.15) is 0 Å². The van der Waals surface area contributed by atoms with Crippen LogP contribution in [0.25, 0.3) is 0 Å². The fourth-order valence-corrected chi connectivity index (χ4v) is 2.00. The van der Waals surface area contributed by atoms with Crippen LogP contribution in [0.4, 0.5) is 0 Å². The minimum absolute atomic E-state index is 0. The normalized spacial score (nSPS) is 17.0. The first kappa shape index (κ1) is 13.5. The van der Waals surface area contributed by atoms with Gasteiger partial charge in [-0.05, 0) is 29.4 Å². The van der Waals surface area contributed by atoms with Gasteiger partial charge in [0.1, 0.15) is 0 Å². The van der Waals surface area contributed by atoms with Gasteiger partial charge >= 0.3 is 0 Å². The van der Waals surface area contributed by atoms with E-state index < -0.39 is 0 Å². The Morgan fingerprint density at radius 2 is 1.88 bits per heavy atom. The van der Waals surface area contributed by atoms with Gasteiger partial charge in [-0.1, -0.05) is 51.0 Å². The van der Waals surface area contributed by atoms with E-state index in [1.807, 2.05) is 0 Å². The fourth-order valence-electron chi connectivity index (χ4n) is 2.00. The Kier molecular flexibility index (Phi) is 4.82. The van der Waals surface area contributed by atoms with Crippen LogP contribution in [0, 0.1) is 5.92 Å². The highest BCUT2D eigenvalue weighted by Crippen LogP contribution is 2.36. The average Bonchev–Trinajstić information content (AvgIpc) is 3.02. The lowest BCUT2D eigenvalue weighted by Gasteiger charge is -2.14. The summed E-state index contributed by atoms with van der Waals surface area (Å²) in [5.74, 6) is 1.50. The Morgan fingerprint density at radius 1 is 1.25 bits per heavy atom. The lowest BCUT2D eigenvalue weighted by atomic mass is 9.96. The second-order valence-corrected chi connectivity index (χ2v) is 5.11. The van der Waals surface area contributed by atoms with E-state index in [1.54, 1.807) is 0 Å². The van der Waals surface area contributed by atoms with E-state index in [-0.39, 0.29) is 18.4 Å². The lowest BCUT2D eigenvalue weighted by Crippen LogP contribution is -2.11. The molecule has 2 heteroatoms. The number of rotatable bonds is 4. The van der Waals surface area contributed by atoms with Crippen molar-refractivity contribution in [2.45, 2.75) is 45.1 Å². The van der Waals surface area contributed by atoms with Crippen molar-refractivity contribution >= 4 is 12.4 Å². The molecule has 1 saturated carbocycles. The van der Waals surface area contributed by atoms with E-state index in [4.69, 9.17) is 5.73 Å². The average molecular weight is 240 g/mol. The molecule has 1 fully saturated rings. The third-order valence-electron chi connectivity index (χ3n) is 3.29. The first-order valence-corrected chi connectivity index (χ1v) is 6.02. The van der Waals surface area contributed by atoms with Crippen molar-refractivity contribution in [3.63, 3.8) is 0 Å². The largest absolute Gasteiger partial charge is 0.324 e. The van der Waals surface area contributed by atoms with Crippen LogP contribution in [-0.4, -0.2) is 0 Å². The summed E-state index contributed by atoms with van der Waals surface area (Å²) in [5, 5.41) is 0. The lowest BCUT2D eigenvalue weighted by molar-refractivity contribution is 0.596. The highest BCUT2D eigenvalue weighted by atomic mass is 35.5. The monoisotopic (exact) mass is 239 g/mol. The topological polar surface area (TPSA) is 26.0 Å². The van der Waals surface area contributed by atoms with E-state index in [9.17, 15) is 0 Å². The van der Waals surface area contributed by atoms with Crippen LogP contribution in [0.2, 0.25) is 0 Å². The zero-order valence-electron chi connectivity index (χ0n) is 10.1. The van der Waals surface area contributed by atoms with Gasteiger partial charge in [0.2, 0.25) is 0 Å². The summed E-state index contributed by atoms with van der Waals surface area (Å²) in [6, 6.07) is 9.02.